The number of carbonyl (C=O) groups excluding carboxylic acids is 1. The van der Waals surface area contributed by atoms with E-state index in [1.54, 1.807) is 6.07 Å². The molecule has 0 aromatic carbocycles. The fraction of sp³-hybridized carbons (Fsp3) is 0.750. The molecule has 6 nitrogen and oxygen atoms in total. The molecule has 1 amide bonds. The first-order chi connectivity index (χ1) is 11.2. The molecule has 1 saturated carbocycles. The van der Waals surface area contributed by atoms with E-state index in [4.69, 9.17) is 4.52 Å². The summed E-state index contributed by atoms with van der Waals surface area (Å²) in [6.07, 6.45) is 5.28. The van der Waals surface area contributed by atoms with Crippen LogP contribution < -0.4 is 5.32 Å². The minimum absolute atomic E-state index is 0.128. The standard InChI is InChI=1S/C16H23N3O3S/c20-16(14-9-15(22-18-14)11-1-2-11)17-12-3-6-19(10-12)13-4-7-23(21)8-5-13/h9,11-13H,1-8,10H2,(H,17,20). The summed E-state index contributed by atoms with van der Waals surface area (Å²) in [6, 6.07) is 2.50. The predicted molar refractivity (Wildman–Crippen MR) is 86.8 cm³/mol. The van der Waals surface area contributed by atoms with Gasteiger partial charge >= 0.3 is 0 Å². The van der Waals surface area contributed by atoms with Crippen molar-refractivity contribution in [2.24, 2.45) is 0 Å². The lowest BCUT2D eigenvalue weighted by molar-refractivity contribution is 0.0926. The van der Waals surface area contributed by atoms with Gasteiger partial charge in [0.25, 0.3) is 5.91 Å². The number of nitrogens with zero attached hydrogens (tertiary/aromatic N) is 2. The van der Waals surface area contributed by atoms with Crippen molar-refractivity contribution in [3.8, 4) is 0 Å². The molecular weight excluding hydrogens is 314 g/mol. The fourth-order valence-electron chi connectivity index (χ4n) is 3.60. The molecule has 7 heteroatoms. The highest BCUT2D eigenvalue weighted by Gasteiger charge is 2.32. The summed E-state index contributed by atoms with van der Waals surface area (Å²) in [5.74, 6) is 2.83. The highest BCUT2D eigenvalue weighted by molar-refractivity contribution is 7.85. The van der Waals surface area contributed by atoms with Crippen LogP contribution in [0, 0.1) is 0 Å². The van der Waals surface area contributed by atoms with E-state index in [-0.39, 0.29) is 11.9 Å². The SMILES string of the molecule is O=C(NC1CCN(C2CCS(=O)CC2)C1)c1cc(C2CC2)on1. The average molecular weight is 337 g/mol. The van der Waals surface area contributed by atoms with E-state index in [9.17, 15) is 9.00 Å². The van der Waals surface area contributed by atoms with Crippen molar-refractivity contribution in [3.63, 3.8) is 0 Å². The molecule has 3 fully saturated rings. The lowest BCUT2D eigenvalue weighted by Gasteiger charge is -2.30. The second-order valence-corrected chi connectivity index (χ2v) is 8.62. The number of nitrogens with one attached hydrogen (secondary N) is 1. The topological polar surface area (TPSA) is 75.4 Å². The third-order valence-corrected chi connectivity index (χ3v) is 6.55. The van der Waals surface area contributed by atoms with Gasteiger partial charge in [-0.15, -0.1) is 0 Å². The number of hydrogen-bond donors (Lipinski definition) is 1. The third kappa shape index (κ3) is 3.50. The van der Waals surface area contributed by atoms with Crippen LogP contribution in [-0.2, 0) is 10.8 Å². The molecule has 1 aliphatic carbocycles. The summed E-state index contributed by atoms with van der Waals surface area (Å²) >= 11 is 0. The second-order valence-electron chi connectivity index (χ2n) is 6.92. The average Bonchev–Trinajstić information content (AvgIpc) is 3.10. The monoisotopic (exact) mass is 337 g/mol. The lowest BCUT2D eigenvalue weighted by atomic mass is 10.1. The number of hydrogen-bond acceptors (Lipinski definition) is 5. The zero-order valence-corrected chi connectivity index (χ0v) is 14.0. The molecule has 0 bridgehead atoms. The Morgan fingerprint density at radius 1 is 1.26 bits per heavy atom. The maximum absolute atomic E-state index is 12.3. The molecule has 1 aromatic rings. The normalized spacial score (nSPS) is 32.1. The largest absolute Gasteiger partial charge is 0.360 e. The second kappa shape index (κ2) is 6.36. The van der Waals surface area contributed by atoms with E-state index in [0.717, 1.165) is 62.5 Å². The Hall–Kier alpha value is -1.21. The quantitative estimate of drug-likeness (QED) is 0.895. The first kappa shape index (κ1) is 15.3. The summed E-state index contributed by atoms with van der Waals surface area (Å²) < 4.78 is 16.7. The molecule has 2 aliphatic heterocycles. The van der Waals surface area contributed by atoms with Crippen LogP contribution in [0.5, 0.6) is 0 Å². The van der Waals surface area contributed by atoms with Gasteiger partial charge in [-0.3, -0.25) is 13.9 Å². The highest BCUT2D eigenvalue weighted by Crippen LogP contribution is 2.40. The van der Waals surface area contributed by atoms with Crippen LogP contribution >= 0.6 is 0 Å². The predicted octanol–water partition coefficient (Wildman–Crippen LogP) is 1.27. The van der Waals surface area contributed by atoms with Crippen molar-refractivity contribution < 1.29 is 13.5 Å². The molecule has 3 heterocycles. The van der Waals surface area contributed by atoms with Crippen LogP contribution in [0.4, 0.5) is 0 Å². The molecule has 3 aliphatic rings. The maximum atomic E-state index is 12.3. The summed E-state index contributed by atoms with van der Waals surface area (Å²) in [5, 5.41) is 6.98. The minimum atomic E-state index is -0.615. The summed E-state index contributed by atoms with van der Waals surface area (Å²) in [4.78, 5) is 14.7. The van der Waals surface area contributed by atoms with Gasteiger partial charge in [0.15, 0.2) is 5.69 Å². The number of carbonyl (C=O) groups is 1. The Morgan fingerprint density at radius 2 is 2.04 bits per heavy atom. The molecule has 2 saturated heterocycles. The first-order valence-electron chi connectivity index (χ1n) is 8.55. The van der Waals surface area contributed by atoms with Gasteiger partial charge in [0.05, 0.1) is 0 Å². The van der Waals surface area contributed by atoms with Crippen LogP contribution in [0.15, 0.2) is 10.6 Å². The van der Waals surface area contributed by atoms with E-state index in [0.29, 0.717) is 17.7 Å². The van der Waals surface area contributed by atoms with E-state index in [1.165, 1.54) is 0 Å². The van der Waals surface area contributed by atoms with Gasteiger partial charge < -0.3 is 9.84 Å². The van der Waals surface area contributed by atoms with Crippen LogP contribution in [0.25, 0.3) is 0 Å². The molecule has 1 atom stereocenters. The molecule has 0 radical (unpaired) electrons. The van der Waals surface area contributed by atoms with Gasteiger partial charge in [-0.05, 0) is 32.1 Å². The van der Waals surface area contributed by atoms with Crippen molar-refractivity contribution in [2.75, 3.05) is 24.6 Å². The molecule has 1 unspecified atom stereocenters. The highest BCUT2D eigenvalue weighted by atomic mass is 32.2. The zero-order chi connectivity index (χ0) is 15.8. The lowest BCUT2D eigenvalue weighted by Crippen LogP contribution is -2.42. The number of amides is 1. The smallest absolute Gasteiger partial charge is 0.273 e. The molecule has 1 aromatic heterocycles. The van der Waals surface area contributed by atoms with Crippen LogP contribution in [0.2, 0.25) is 0 Å². The molecule has 4 rings (SSSR count). The molecule has 0 spiro atoms. The van der Waals surface area contributed by atoms with E-state index in [2.05, 4.69) is 15.4 Å². The van der Waals surface area contributed by atoms with Gasteiger partial charge in [0.1, 0.15) is 5.76 Å². The summed E-state index contributed by atoms with van der Waals surface area (Å²) in [6.45, 7) is 1.89. The molecule has 23 heavy (non-hydrogen) atoms. The summed E-state index contributed by atoms with van der Waals surface area (Å²) in [5.41, 5.74) is 0.401. The number of aromatic nitrogens is 1. The third-order valence-electron chi connectivity index (χ3n) is 5.17. The Balaban J connectivity index is 1.29. The van der Waals surface area contributed by atoms with Crippen molar-refractivity contribution in [1.82, 2.24) is 15.4 Å². The van der Waals surface area contributed by atoms with Gasteiger partial charge in [-0.25, -0.2) is 0 Å². The zero-order valence-electron chi connectivity index (χ0n) is 13.2. The minimum Gasteiger partial charge on any atom is -0.360 e. The molecule has 1 N–H and O–H groups in total. The number of likely N-dealkylation sites (tertiary alicyclic amines) is 1. The van der Waals surface area contributed by atoms with E-state index >= 15 is 0 Å². The first-order valence-corrected chi connectivity index (χ1v) is 10.0. The van der Waals surface area contributed by atoms with Gasteiger partial charge in [0, 0.05) is 59.5 Å². The van der Waals surface area contributed by atoms with Gasteiger partial charge in [0.2, 0.25) is 0 Å². The van der Waals surface area contributed by atoms with Gasteiger partial charge in [-0.1, -0.05) is 5.16 Å². The summed E-state index contributed by atoms with van der Waals surface area (Å²) in [7, 11) is -0.615. The van der Waals surface area contributed by atoms with Crippen molar-refractivity contribution in [2.45, 2.75) is 50.1 Å². The van der Waals surface area contributed by atoms with Crippen molar-refractivity contribution in [1.29, 1.82) is 0 Å². The Morgan fingerprint density at radius 3 is 2.78 bits per heavy atom. The molecule has 126 valence electrons. The van der Waals surface area contributed by atoms with E-state index in [1.807, 2.05) is 0 Å². The van der Waals surface area contributed by atoms with Crippen molar-refractivity contribution in [3.05, 3.63) is 17.5 Å². The Bertz CT molecular complexity index is 603. The van der Waals surface area contributed by atoms with Crippen LogP contribution in [0.1, 0.15) is 54.3 Å². The fourth-order valence-corrected chi connectivity index (χ4v) is 4.87. The maximum Gasteiger partial charge on any atom is 0.273 e. The van der Waals surface area contributed by atoms with Gasteiger partial charge in [-0.2, -0.15) is 0 Å². The van der Waals surface area contributed by atoms with Crippen molar-refractivity contribution >= 4 is 16.7 Å². The number of rotatable bonds is 4. The Kier molecular flexibility index (Phi) is 4.24. The van der Waals surface area contributed by atoms with Crippen LogP contribution in [-0.4, -0.2) is 56.9 Å². The van der Waals surface area contributed by atoms with Crippen LogP contribution in [0.3, 0.4) is 0 Å². The van der Waals surface area contributed by atoms with E-state index < -0.39 is 10.8 Å². The molecular formula is C16H23N3O3S. The Labute approximate surface area is 138 Å².